The molecule has 218 valence electrons. The zero-order valence-electron chi connectivity index (χ0n) is 24.4. The maximum absolute atomic E-state index is 13.6. The monoisotopic (exact) mass is 564 g/mol. The molecule has 0 bridgehead atoms. The number of imidazole rings is 1. The Morgan fingerprint density at radius 2 is 1.80 bits per heavy atom. The molecule has 0 spiro atoms. The molecule has 1 N–H and O–H groups in total. The van der Waals surface area contributed by atoms with Crippen LogP contribution in [0.2, 0.25) is 0 Å². The lowest BCUT2D eigenvalue weighted by Crippen LogP contribution is -2.60. The van der Waals surface area contributed by atoms with E-state index in [1.54, 1.807) is 53.4 Å². The van der Waals surface area contributed by atoms with Crippen LogP contribution in [0, 0.1) is 5.82 Å². The number of nitrogens with one attached hydrogen (secondary N) is 1. The molecular weight excluding hydrogens is 527 g/mol. The SMILES string of the molecule is CC(C)c1cc(-c2ccc(F)cc2)nn2cc(C(=O)N3CCN(C(=O)C4(NC(=O)OC(C)(C)C)CC4)[C@@H](C)C3)nc12. The molecule has 0 radical (unpaired) electrons. The van der Waals surface area contributed by atoms with Gasteiger partial charge in [-0.2, -0.15) is 5.10 Å². The zero-order chi connectivity index (χ0) is 29.7. The highest BCUT2D eigenvalue weighted by Crippen LogP contribution is 2.38. The largest absolute Gasteiger partial charge is 0.444 e. The second-order valence-corrected chi connectivity index (χ2v) is 12.3. The van der Waals surface area contributed by atoms with E-state index in [0.717, 1.165) is 11.1 Å². The molecule has 10 nitrogen and oxygen atoms in total. The van der Waals surface area contributed by atoms with Crippen LogP contribution in [0.5, 0.6) is 0 Å². The van der Waals surface area contributed by atoms with E-state index in [0.29, 0.717) is 43.8 Å². The molecule has 5 rings (SSSR count). The highest BCUT2D eigenvalue weighted by atomic mass is 19.1. The molecule has 2 fully saturated rings. The van der Waals surface area contributed by atoms with Crippen molar-refractivity contribution < 1.29 is 23.5 Å². The molecule has 2 aromatic heterocycles. The van der Waals surface area contributed by atoms with Crippen LogP contribution in [0.4, 0.5) is 9.18 Å². The number of hydrogen-bond acceptors (Lipinski definition) is 6. The van der Waals surface area contributed by atoms with Crippen molar-refractivity contribution in [3.05, 3.63) is 53.6 Å². The van der Waals surface area contributed by atoms with E-state index in [2.05, 4.69) is 15.4 Å². The van der Waals surface area contributed by atoms with E-state index in [1.807, 2.05) is 26.8 Å². The minimum Gasteiger partial charge on any atom is -0.444 e. The first-order chi connectivity index (χ1) is 19.3. The second-order valence-electron chi connectivity index (χ2n) is 12.3. The molecule has 1 atom stereocenters. The number of hydrogen-bond donors (Lipinski definition) is 1. The number of halogens is 1. The summed E-state index contributed by atoms with van der Waals surface area (Å²) in [5, 5.41) is 7.44. The van der Waals surface area contributed by atoms with Crippen LogP contribution in [0.15, 0.2) is 36.5 Å². The summed E-state index contributed by atoms with van der Waals surface area (Å²) in [4.78, 5) is 47.4. The summed E-state index contributed by atoms with van der Waals surface area (Å²) in [6, 6.07) is 7.82. The molecule has 3 aromatic rings. The minimum atomic E-state index is -0.939. The average Bonchev–Trinajstić information content (AvgIpc) is 3.54. The third-order valence-corrected chi connectivity index (χ3v) is 7.51. The Morgan fingerprint density at radius 1 is 1.12 bits per heavy atom. The maximum atomic E-state index is 13.6. The van der Waals surface area contributed by atoms with Gasteiger partial charge in [-0.05, 0) is 76.8 Å². The summed E-state index contributed by atoms with van der Waals surface area (Å²) in [6.45, 7) is 12.4. The molecule has 2 aliphatic rings. The number of piperazine rings is 1. The molecule has 11 heteroatoms. The van der Waals surface area contributed by atoms with Gasteiger partial charge in [0.2, 0.25) is 5.91 Å². The predicted molar refractivity (Wildman–Crippen MR) is 151 cm³/mol. The number of amides is 3. The summed E-state index contributed by atoms with van der Waals surface area (Å²) >= 11 is 0. The number of aromatic nitrogens is 3. The molecular formula is C30H37FN6O4. The van der Waals surface area contributed by atoms with Gasteiger partial charge in [0, 0.05) is 36.8 Å². The van der Waals surface area contributed by atoms with Gasteiger partial charge in [0.25, 0.3) is 5.91 Å². The van der Waals surface area contributed by atoms with Crippen molar-refractivity contribution in [1.82, 2.24) is 29.7 Å². The zero-order valence-corrected chi connectivity index (χ0v) is 24.4. The van der Waals surface area contributed by atoms with Crippen molar-refractivity contribution in [1.29, 1.82) is 0 Å². The van der Waals surface area contributed by atoms with Gasteiger partial charge in [0.15, 0.2) is 5.65 Å². The summed E-state index contributed by atoms with van der Waals surface area (Å²) in [5.74, 6) is -0.587. The van der Waals surface area contributed by atoms with Crippen LogP contribution in [0.1, 0.15) is 76.4 Å². The van der Waals surface area contributed by atoms with Crippen molar-refractivity contribution in [2.45, 2.75) is 77.5 Å². The molecule has 1 aromatic carbocycles. The van der Waals surface area contributed by atoms with Crippen LogP contribution in [0.3, 0.4) is 0 Å². The van der Waals surface area contributed by atoms with E-state index in [4.69, 9.17) is 4.74 Å². The lowest BCUT2D eigenvalue weighted by Gasteiger charge is -2.41. The number of nitrogens with zero attached hydrogens (tertiary/aromatic N) is 5. The summed E-state index contributed by atoms with van der Waals surface area (Å²) in [7, 11) is 0. The quantitative estimate of drug-likeness (QED) is 0.493. The lowest BCUT2D eigenvalue weighted by atomic mass is 10.0. The standard InChI is InChI=1S/C30H37FN6O4/c1-18(2)22-15-23(20-7-9-21(31)10-8-20)34-37-17-24(32-25(22)37)26(38)35-13-14-36(19(3)16-35)27(39)30(11-12-30)33-28(40)41-29(4,5)6/h7-10,15,17-19H,11-14,16H2,1-6H3,(H,33,40)/t19-/m0/s1. The number of carbonyl (C=O) groups excluding carboxylic acids is 3. The third-order valence-electron chi connectivity index (χ3n) is 7.51. The molecule has 3 amide bonds. The van der Waals surface area contributed by atoms with Gasteiger partial charge in [0.05, 0.1) is 11.9 Å². The summed E-state index contributed by atoms with van der Waals surface area (Å²) in [6.07, 6.45) is 2.14. The van der Waals surface area contributed by atoms with Crippen molar-refractivity contribution in [2.75, 3.05) is 19.6 Å². The first-order valence-electron chi connectivity index (χ1n) is 14.0. The number of carbonyl (C=O) groups is 3. The maximum Gasteiger partial charge on any atom is 0.408 e. The van der Waals surface area contributed by atoms with Crippen LogP contribution < -0.4 is 5.32 Å². The van der Waals surface area contributed by atoms with Crippen LogP contribution in [0.25, 0.3) is 16.9 Å². The molecule has 1 saturated carbocycles. The van der Waals surface area contributed by atoms with Gasteiger partial charge < -0.3 is 19.9 Å². The summed E-state index contributed by atoms with van der Waals surface area (Å²) < 4.78 is 20.4. The van der Waals surface area contributed by atoms with Crippen molar-refractivity contribution >= 4 is 23.6 Å². The van der Waals surface area contributed by atoms with Crippen LogP contribution in [-0.4, -0.2) is 79.1 Å². The van der Waals surface area contributed by atoms with Crippen molar-refractivity contribution in [2.24, 2.45) is 0 Å². The Balaban J connectivity index is 1.31. The van der Waals surface area contributed by atoms with E-state index < -0.39 is 17.2 Å². The van der Waals surface area contributed by atoms with E-state index >= 15 is 0 Å². The van der Waals surface area contributed by atoms with Crippen molar-refractivity contribution in [3.63, 3.8) is 0 Å². The topological polar surface area (TPSA) is 109 Å². The fraction of sp³-hybridized carbons (Fsp3) is 0.500. The Kier molecular flexibility index (Phi) is 7.25. The Hall–Kier alpha value is -4.02. The van der Waals surface area contributed by atoms with Gasteiger partial charge in [-0.15, -0.1) is 0 Å². The van der Waals surface area contributed by atoms with E-state index in [1.165, 1.54) is 12.1 Å². The summed E-state index contributed by atoms with van der Waals surface area (Å²) in [5.41, 5.74) is 1.62. The second kappa shape index (κ2) is 10.4. The van der Waals surface area contributed by atoms with Gasteiger partial charge in [-0.25, -0.2) is 18.7 Å². The van der Waals surface area contributed by atoms with Gasteiger partial charge in [-0.3, -0.25) is 9.59 Å². The highest BCUT2D eigenvalue weighted by molar-refractivity contribution is 5.95. The number of fused-ring (bicyclic) bond motifs is 1. The first-order valence-corrected chi connectivity index (χ1v) is 14.0. The lowest BCUT2D eigenvalue weighted by molar-refractivity contribution is -0.138. The third kappa shape index (κ3) is 5.89. The first kappa shape index (κ1) is 28.5. The van der Waals surface area contributed by atoms with E-state index in [-0.39, 0.29) is 35.3 Å². The fourth-order valence-electron chi connectivity index (χ4n) is 5.19. The Morgan fingerprint density at radius 3 is 2.39 bits per heavy atom. The van der Waals surface area contributed by atoms with Gasteiger partial charge >= 0.3 is 6.09 Å². The Bertz CT molecular complexity index is 1490. The number of alkyl carbamates (subject to hydrolysis) is 1. The van der Waals surface area contributed by atoms with Gasteiger partial charge in [0.1, 0.15) is 22.7 Å². The normalized spacial score (nSPS) is 18.5. The number of ether oxygens (including phenoxy) is 1. The molecule has 1 saturated heterocycles. The smallest absolute Gasteiger partial charge is 0.408 e. The fourth-order valence-corrected chi connectivity index (χ4v) is 5.19. The van der Waals surface area contributed by atoms with Crippen LogP contribution >= 0.6 is 0 Å². The Labute approximate surface area is 238 Å². The molecule has 0 unspecified atom stereocenters. The number of rotatable bonds is 5. The predicted octanol–water partition coefficient (Wildman–Crippen LogP) is 4.39. The van der Waals surface area contributed by atoms with Crippen molar-refractivity contribution in [3.8, 4) is 11.3 Å². The average molecular weight is 565 g/mol. The molecule has 1 aliphatic carbocycles. The van der Waals surface area contributed by atoms with E-state index in [9.17, 15) is 18.8 Å². The number of benzene rings is 1. The van der Waals surface area contributed by atoms with Crippen LogP contribution in [-0.2, 0) is 9.53 Å². The minimum absolute atomic E-state index is 0.115. The highest BCUT2D eigenvalue weighted by Gasteiger charge is 2.54. The molecule has 1 aliphatic heterocycles. The van der Waals surface area contributed by atoms with Gasteiger partial charge in [-0.1, -0.05) is 13.8 Å². The molecule has 41 heavy (non-hydrogen) atoms. The molecule has 3 heterocycles.